The normalized spacial score (nSPS) is 18.1. The lowest BCUT2D eigenvalue weighted by Crippen LogP contribution is -2.51. The number of likely N-dealkylation sites (tertiary alicyclic amines) is 1. The standard InChI is InChI=1S/C18H35N3O2/c1-6-18(7-2,12-19)17(23)21-10-8-15(9-11-21)16(22)20-14(5)13(3)4/h13-15H,6-12,19H2,1-5H3,(H,20,22). The number of rotatable bonds is 7. The zero-order valence-corrected chi connectivity index (χ0v) is 15.5. The first-order valence-electron chi connectivity index (χ1n) is 9.11. The maximum atomic E-state index is 12.8. The predicted octanol–water partition coefficient (Wildman–Crippen LogP) is 2.15. The molecule has 0 aromatic rings. The van der Waals surface area contributed by atoms with Crippen LogP contribution in [0.1, 0.15) is 60.3 Å². The zero-order valence-electron chi connectivity index (χ0n) is 15.5. The Hall–Kier alpha value is -1.10. The smallest absolute Gasteiger partial charge is 0.230 e. The molecule has 0 spiro atoms. The van der Waals surface area contributed by atoms with Crippen molar-refractivity contribution in [3.63, 3.8) is 0 Å². The van der Waals surface area contributed by atoms with Crippen molar-refractivity contribution in [2.45, 2.75) is 66.3 Å². The van der Waals surface area contributed by atoms with E-state index in [0.29, 0.717) is 25.6 Å². The highest BCUT2D eigenvalue weighted by molar-refractivity contribution is 5.84. The average molecular weight is 325 g/mol. The van der Waals surface area contributed by atoms with Crippen molar-refractivity contribution in [2.75, 3.05) is 19.6 Å². The molecule has 0 aromatic heterocycles. The molecule has 0 bridgehead atoms. The van der Waals surface area contributed by atoms with Gasteiger partial charge in [0.15, 0.2) is 0 Å². The fourth-order valence-electron chi connectivity index (χ4n) is 3.12. The van der Waals surface area contributed by atoms with Crippen LogP contribution in [0.15, 0.2) is 0 Å². The van der Waals surface area contributed by atoms with Gasteiger partial charge < -0.3 is 16.0 Å². The summed E-state index contributed by atoms with van der Waals surface area (Å²) in [7, 11) is 0. The fraction of sp³-hybridized carbons (Fsp3) is 0.889. The predicted molar refractivity (Wildman–Crippen MR) is 93.8 cm³/mol. The molecule has 0 radical (unpaired) electrons. The highest BCUT2D eigenvalue weighted by Gasteiger charge is 2.38. The van der Waals surface area contributed by atoms with Gasteiger partial charge in [-0.15, -0.1) is 0 Å². The minimum atomic E-state index is -0.429. The zero-order chi connectivity index (χ0) is 17.6. The number of nitrogens with one attached hydrogen (secondary N) is 1. The van der Waals surface area contributed by atoms with E-state index in [9.17, 15) is 9.59 Å². The van der Waals surface area contributed by atoms with E-state index < -0.39 is 5.41 Å². The summed E-state index contributed by atoms with van der Waals surface area (Å²) in [6, 6.07) is 0.187. The van der Waals surface area contributed by atoms with E-state index >= 15 is 0 Å². The Kier molecular flexibility index (Phi) is 7.52. The highest BCUT2D eigenvalue weighted by atomic mass is 16.2. The van der Waals surface area contributed by atoms with Crippen molar-refractivity contribution in [3.05, 3.63) is 0 Å². The molecule has 1 rings (SSSR count). The molecule has 1 aliphatic heterocycles. The quantitative estimate of drug-likeness (QED) is 0.753. The van der Waals surface area contributed by atoms with E-state index in [-0.39, 0.29) is 23.8 Å². The van der Waals surface area contributed by atoms with Crippen molar-refractivity contribution in [2.24, 2.45) is 23.0 Å². The molecule has 0 aliphatic carbocycles. The van der Waals surface area contributed by atoms with Crippen molar-refractivity contribution < 1.29 is 9.59 Å². The van der Waals surface area contributed by atoms with Gasteiger partial charge in [-0.2, -0.15) is 0 Å². The van der Waals surface area contributed by atoms with Crippen LogP contribution < -0.4 is 11.1 Å². The number of nitrogens with zero attached hydrogens (tertiary/aromatic N) is 1. The number of carbonyl (C=O) groups excluding carboxylic acids is 2. The average Bonchev–Trinajstić information content (AvgIpc) is 2.56. The van der Waals surface area contributed by atoms with Gasteiger partial charge in [0, 0.05) is 31.6 Å². The monoisotopic (exact) mass is 325 g/mol. The van der Waals surface area contributed by atoms with Crippen LogP contribution in [0.4, 0.5) is 0 Å². The third-order valence-electron chi connectivity index (χ3n) is 5.72. The van der Waals surface area contributed by atoms with Gasteiger partial charge in [-0.05, 0) is 38.5 Å². The first kappa shape index (κ1) is 19.9. The Bertz CT molecular complexity index is 389. The molecule has 23 heavy (non-hydrogen) atoms. The number of carbonyl (C=O) groups is 2. The first-order chi connectivity index (χ1) is 10.8. The summed E-state index contributed by atoms with van der Waals surface area (Å²) in [5.74, 6) is 0.754. The number of hydrogen-bond acceptors (Lipinski definition) is 3. The minimum Gasteiger partial charge on any atom is -0.353 e. The van der Waals surface area contributed by atoms with Crippen LogP contribution in [0, 0.1) is 17.3 Å². The lowest BCUT2D eigenvalue weighted by molar-refractivity contribution is -0.145. The molecule has 1 atom stereocenters. The molecule has 3 N–H and O–H groups in total. The summed E-state index contributed by atoms with van der Waals surface area (Å²) in [6.45, 7) is 12.0. The first-order valence-corrected chi connectivity index (χ1v) is 9.11. The molecule has 5 heteroatoms. The molecular formula is C18H35N3O2. The second kappa shape index (κ2) is 8.67. The molecule has 0 aromatic carbocycles. The van der Waals surface area contributed by atoms with Gasteiger partial charge in [-0.25, -0.2) is 0 Å². The largest absolute Gasteiger partial charge is 0.353 e. The molecule has 1 aliphatic rings. The minimum absolute atomic E-state index is 0.0239. The molecule has 1 unspecified atom stereocenters. The topological polar surface area (TPSA) is 75.4 Å². The molecule has 1 fully saturated rings. The van der Waals surface area contributed by atoms with E-state index in [1.807, 2.05) is 25.7 Å². The van der Waals surface area contributed by atoms with E-state index in [1.54, 1.807) is 0 Å². The van der Waals surface area contributed by atoms with Gasteiger partial charge in [-0.3, -0.25) is 9.59 Å². The van der Waals surface area contributed by atoms with Crippen LogP contribution in [0.5, 0.6) is 0 Å². The van der Waals surface area contributed by atoms with Gasteiger partial charge in [-0.1, -0.05) is 27.7 Å². The second-order valence-electron chi connectivity index (χ2n) is 7.30. The lowest BCUT2D eigenvalue weighted by Gasteiger charge is -2.39. The molecule has 1 heterocycles. The van der Waals surface area contributed by atoms with Gasteiger partial charge in [0.1, 0.15) is 0 Å². The number of hydrogen-bond donors (Lipinski definition) is 2. The van der Waals surface area contributed by atoms with Gasteiger partial charge in [0.05, 0.1) is 5.41 Å². The Morgan fingerprint density at radius 1 is 1.17 bits per heavy atom. The van der Waals surface area contributed by atoms with Crippen LogP contribution in [0.3, 0.4) is 0 Å². The summed E-state index contributed by atoms with van der Waals surface area (Å²) < 4.78 is 0. The highest BCUT2D eigenvalue weighted by Crippen LogP contribution is 2.30. The van der Waals surface area contributed by atoms with E-state index in [0.717, 1.165) is 25.7 Å². The second-order valence-corrected chi connectivity index (χ2v) is 7.30. The maximum Gasteiger partial charge on any atom is 0.230 e. The van der Waals surface area contributed by atoms with Crippen LogP contribution >= 0.6 is 0 Å². The van der Waals surface area contributed by atoms with Crippen LogP contribution in [0.2, 0.25) is 0 Å². The maximum absolute atomic E-state index is 12.8. The summed E-state index contributed by atoms with van der Waals surface area (Å²) in [5.41, 5.74) is 5.45. The Morgan fingerprint density at radius 2 is 1.70 bits per heavy atom. The summed E-state index contributed by atoms with van der Waals surface area (Å²) in [6.07, 6.45) is 3.03. The third kappa shape index (κ3) is 4.69. The molecule has 1 saturated heterocycles. The summed E-state index contributed by atoms with van der Waals surface area (Å²) >= 11 is 0. The Balaban J connectivity index is 2.58. The van der Waals surface area contributed by atoms with E-state index in [4.69, 9.17) is 5.73 Å². The van der Waals surface area contributed by atoms with Crippen molar-refractivity contribution >= 4 is 11.8 Å². The van der Waals surface area contributed by atoms with Crippen molar-refractivity contribution in [1.82, 2.24) is 10.2 Å². The van der Waals surface area contributed by atoms with Crippen LogP contribution in [-0.2, 0) is 9.59 Å². The summed E-state index contributed by atoms with van der Waals surface area (Å²) in [5, 5.41) is 3.09. The van der Waals surface area contributed by atoms with Gasteiger partial charge >= 0.3 is 0 Å². The number of piperidine rings is 1. The Labute approximate surface area is 141 Å². The number of amides is 2. The Morgan fingerprint density at radius 3 is 2.09 bits per heavy atom. The summed E-state index contributed by atoms with van der Waals surface area (Å²) in [4.78, 5) is 27.0. The van der Waals surface area contributed by atoms with Crippen molar-refractivity contribution in [1.29, 1.82) is 0 Å². The molecular weight excluding hydrogens is 290 g/mol. The molecule has 134 valence electrons. The van der Waals surface area contributed by atoms with E-state index in [1.165, 1.54) is 0 Å². The SMILES string of the molecule is CCC(CC)(CN)C(=O)N1CCC(C(=O)NC(C)C(C)C)CC1. The van der Waals surface area contributed by atoms with Crippen LogP contribution in [0.25, 0.3) is 0 Å². The van der Waals surface area contributed by atoms with Crippen molar-refractivity contribution in [3.8, 4) is 0 Å². The molecule has 5 nitrogen and oxygen atoms in total. The molecule has 2 amide bonds. The lowest BCUT2D eigenvalue weighted by atomic mass is 9.80. The van der Waals surface area contributed by atoms with Crippen LogP contribution in [-0.4, -0.2) is 42.4 Å². The third-order valence-corrected chi connectivity index (χ3v) is 5.72. The van der Waals surface area contributed by atoms with E-state index in [2.05, 4.69) is 19.2 Å². The van der Waals surface area contributed by atoms with Gasteiger partial charge in [0.2, 0.25) is 11.8 Å². The number of nitrogens with two attached hydrogens (primary N) is 1. The fourth-order valence-corrected chi connectivity index (χ4v) is 3.12. The van der Waals surface area contributed by atoms with Gasteiger partial charge in [0.25, 0.3) is 0 Å². The molecule has 0 saturated carbocycles.